The summed E-state index contributed by atoms with van der Waals surface area (Å²) in [5.74, 6) is 0. The SMILES string of the molecule is C=C(C)/C(C)=C(CC=N/C=C\C)\C(C)=C/C. The van der Waals surface area contributed by atoms with Crippen molar-refractivity contribution < 1.29 is 0 Å². The van der Waals surface area contributed by atoms with E-state index in [1.165, 1.54) is 16.7 Å². The summed E-state index contributed by atoms with van der Waals surface area (Å²) in [4.78, 5) is 4.19. The fourth-order valence-corrected chi connectivity index (χ4v) is 1.33. The van der Waals surface area contributed by atoms with Crippen LogP contribution in [0.25, 0.3) is 0 Å². The minimum Gasteiger partial charge on any atom is -0.269 e. The van der Waals surface area contributed by atoms with E-state index in [2.05, 4.69) is 38.4 Å². The second-order valence-electron chi connectivity index (χ2n) is 3.87. The average molecular weight is 217 g/mol. The van der Waals surface area contributed by atoms with Crippen LogP contribution >= 0.6 is 0 Å². The van der Waals surface area contributed by atoms with E-state index >= 15 is 0 Å². The first-order valence-corrected chi connectivity index (χ1v) is 5.66. The third-order valence-corrected chi connectivity index (χ3v) is 2.64. The van der Waals surface area contributed by atoms with E-state index in [1.807, 2.05) is 26.1 Å². The van der Waals surface area contributed by atoms with Crippen LogP contribution in [-0.4, -0.2) is 6.21 Å². The van der Waals surface area contributed by atoms with E-state index in [0.29, 0.717) is 0 Å². The Morgan fingerprint density at radius 2 is 1.81 bits per heavy atom. The maximum Gasteiger partial charge on any atom is 0.0221 e. The molecule has 0 radical (unpaired) electrons. The Morgan fingerprint density at radius 3 is 2.25 bits per heavy atom. The first-order valence-electron chi connectivity index (χ1n) is 5.66. The van der Waals surface area contributed by atoms with Gasteiger partial charge in [-0.2, -0.15) is 0 Å². The molecule has 1 heteroatoms. The molecule has 0 aromatic heterocycles. The third-order valence-electron chi connectivity index (χ3n) is 2.64. The maximum absolute atomic E-state index is 4.19. The van der Waals surface area contributed by atoms with Gasteiger partial charge in [-0.15, -0.1) is 0 Å². The van der Waals surface area contributed by atoms with Gasteiger partial charge in [0.05, 0.1) is 0 Å². The van der Waals surface area contributed by atoms with Crippen molar-refractivity contribution >= 4 is 6.21 Å². The molecule has 0 saturated heterocycles. The van der Waals surface area contributed by atoms with Crippen LogP contribution in [0.1, 0.15) is 41.0 Å². The number of aliphatic imine (C=N–C) groups is 1. The van der Waals surface area contributed by atoms with Gasteiger partial charge in [-0.05, 0) is 45.8 Å². The molecule has 88 valence electrons. The molecule has 0 amide bonds. The van der Waals surface area contributed by atoms with Gasteiger partial charge in [0.25, 0.3) is 0 Å². The van der Waals surface area contributed by atoms with Crippen molar-refractivity contribution in [3.05, 3.63) is 47.2 Å². The molecular weight excluding hydrogens is 194 g/mol. The molecule has 0 N–H and O–H groups in total. The molecule has 0 spiro atoms. The van der Waals surface area contributed by atoms with Crippen molar-refractivity contribution in [1.29, 1.82) is 0 Å². The summed E-state index contributed by atoms with van der Waals surface area (Å²) in [5, 5.41) is 0. The summed E-state index contributed by atoms with van der Waals surface area (Å²) in [6.07, 6.45) is 8.66. The molecule has 0 saturated carbocycles. The number of hydrogen-bond acceptors (Lipinski definition) is 1. The van der Waals surface area contributed by atoms with Crippen molar-refractivity contribution in [2.24, 2.45) is 4.99 Å². The fourth-order valence-electron chi connectivity index (χ4n) is 1.33. The van der Waals surface area contributed by atoms with Crippen molar-refractivity contribution in [2.75, 3.05) is 0 Å². The van der Waals surface area contributed by atoms with Gasteiger partial charge in [0.1, 0.15) is 0 Å². The van der Waals surface area contributed by atoms with Crippen molar-refractivity contribution in [3.63, 3.8) is 0 Å². The van der Waals surface area contributed by atoms with Gasteiger partial charge in [-0.25, -0.2) is 0 Å². The van der Waals surface area contributed by atoms with Gasteiger partial charge < -0.3 is 0 Å². The quantitative estimate of drug-likeness (QED) is 0.461. The normalized spacial score (nSPS) is 14.7. The minimum atomic E-state index is 0.860. The van der Waals surface area contributed by atoms with E-state index in [4.69, 9.17) is 0 Å². The van der Waals surface area contributed by atoms with Crippen LogP contribution < -0.4 is 0 Å². The molecule has 0 aliphatic rings. The second-order valence-corrected chi connectivity index (χ2v) is 3.87. The molecule has 0 fully saturated rings. The standard InChI is InChI=1S/C15H23N/c1-7-10-16-11-9-15(13(5)8-2)14(6)12(3)4/h7-8,10-11H,3,9H2,1-2,4-6H3/b10-7-,13-8-,15-14-,16-11?. The Labute approximate surface area is 100.0 Å². The summed E-state index contributed by atoms with van der Waals surface area (Å²) in [6.45, 7) is 14.3. The summed E-state index contributed by atoms with van der Waals surface area (Å²) < 4.78 is 0. The Balaban J connectivity index is 4.99. The first kappa shape index (κ1) is 14.6. The Kier molecular flexibility index (Phi) is 7.19. The third kappa shape index (κ3) is 4.92. The maximum atomic E-state index is 4.19. The highest BCUT2D eigenvalue weighted by Crippen LogP contribution is 2.21. The Bertz CT molecular complexity index is 352. The predicted octanol–water partition coefficient (Wildman–Crippen LogP) is 4.84. The number of allylic oxidation sites excluding steroid dienone is 6. The number of hydrogen-bond donors (Lipinski definition) is 0. The van der Waals surface area contributed by atoms with Crippen LogP contribution in [0.5, 0.6) is 0 Å². The van der Waals surface area contributed by atoms with Gasteiger partial charge in [0.15, 0.2) is 0 Å². The van der Waals surface area contributed by atoms with Crippen LogP contribution in [0.4, 0.5) is 0 Å². The molecule has 0 aromatic rings. The molecule has 0 rings (SSSR count). The monoisotopic (exact) mass is 217 g/mol. The average Bonchev–Trinajstić information content (AvgIpc) is 2.27. The largest absolute Gasteiger partial charge is 0.269 e. The number of nitrogens with zero attached hydrogens (tertiary/aromatic N) is 1. The van der Waals surface area contributed by atoms with Gasteiger partial charge in [0, 0.05) is 18.8 Å². The molecule has 0 aromatic carbocycles. The predicted molar refractivity (Wildman–Crippen MR) is 74.9 cm³/mol. The number of rotatable bonds is 5. The van der Waals surface area contributed by atoms with E-state index in [9.17, 15) is 0 Å². The molecule has 0 aliphatic heterocycles. The van der Waals surface area contributed by atoms with Crippen LogP contribution in [0.3, 0.4) is 0 Å². The van der Waals surface area contributed by atoms with Crippen LogP contribution in [0.2, 0.25) is 0 Å². The van der Waals surface area contributed by atoms with Gasteiger partial charge in [0.2, 0.25) is 0 Å². The minimum absolute atomic E-state index is 0.860. The molecule has 1 nitrogen and oxygen atoms in total. The highest BCUT2D eigenvalue weighted by molar-refractivity contribution is 5.65. The highest BCUT2D eigenvalue weighted by atomic mass is 14.7. The zero-order valence-corrected chi connectivity index (χ0v) is 11.2. The van der Waals surface area contributed by atoms with Crippen LogP contribution in [0, 0.1) is 0 Å². The molecule has 0 unspecified atom stereocenters. The lowest BCUT2D eigenvalue weighted by Crippen LogP contribution is -1.93. The van der Waals surface area contributed by atoms with Crippen molar-refractivity contribution in [1.82, 2.24) is 0 Å². The second kappa shape index (κ2) is 7.86. The lowest BCUT2D eigenvalue weighted by molar-refractivity contribution is 1.17. The zero-order chi connectivity index (χ0) is 12.6. The lowest BCUT2D eigenvalue weighted by atomic mass is 9.95. The molecule has 0 aliphatic carbocycles. The molecular formula is C15H23N. The molecule has 0 atom stereocenters. The fraction of sp³-hybridized carbons (Fsp3) is 0.400. The van der Waals surface area contributed by atoms with Gasteiger partial charge >= 0.3 is 0 Å². The molecule has 0 bridgehead atoms. The highest BCUT2D eigenvalue weighted by Gasteiger charge is 2.03. The Morgan fingerprint density at radius 1 is 1.19 bits per heavy atom. The summed E-state index contributed by atoms with van der Waals surface area (Å²) in [6, 6.07) is 0. The molecule has 0 heterocycles. The smallest absolute Gasteiger partial charge is 0.0221 e. The summed E-state index contributed by atoms with van der Waals surface area (Å²) in [7, 11) is 0. The van der Waals surface area contributed by atoms with Crippen molar-refractivity contribution in [3.8, 4) is 0 Å². The van der Waals surface area contributed by atoms with Crippen molar-refractivity contribution in [2.45, 2.75) is 41.0 Å². The van der Waals surface area contributed by atoms with E-state index in [-0.39, 0.29) is 0 Å². The topological polar surface area (TPSA) is 12.4 Å². The van der Waals surface area contributed by atoms with E-state index in [0.717, 1.165) is 12.0 Å². The van der Waals surface area contributed by atoms with Crippen LogP contribution in [0.15, 0.2) is 52.2 Å². The summed E-state index contributed by atoms with van der Waals surface area (Å²) in [5.41, 5.74) is 5.01. The Hall–Kier alpha value is -1.37. The zero-order valence-electron chi connectivity index (χ0n) is 11.2. The molecule has 16 heavy (non-hydrogen) atoms. The van der Waals surface area contributed by atoms with E-state index in [1.54, 1.807) is 6.20 Å². The van der Waals surface area contributed by atoms with E-state index < -0.39 is 0 Å². The van der Waals surface area contributed by atoms with Crippen LogP contribution in [-0.2, 0) is 0 Å². The van der Waals surface area contributed by atoms with Gasteiger partial charge in [-0.1, -0.05) is 29.9 Å². The summed E-state index contributed by atoms with van der Waals surface area (Å²) >= 11 is 0. The first-order chi connectivity index (χ1) is 7.54. The van der Waals surface area contributed by atoms with Gasteiger partial charge in [-0.3, -0.25) is 4.99 Å². The lowest BCUT2D eigenvalue weighted by Gasteiger charge is -2.10.